The summed E-state index contributed by atoms with van der Waals surface area (Å²) in [6.07, 6.45) is 1.60. The number of ether oxygens (including phenoxy) is 2. The molecule has 1 atom stereocenters. The van der Waals surface area contributed by atoms with E-state index in [4.69, 9.17) is 9.47 Å². The molecule has 0 aliphatic carbocycles. The molecule has 1 heterocycles. The number of amides is 1. The lowest BCUT2D eigenvalue weighted by Crippen LogP contribution is -2.45. The molecule has 0 bridgehead atoms. The van der Waals surface area contributed by atoms with Crippen molar-refractivity contribution >= 4 is 5.91 Å². The molecule has 4 nitrogen and oxygen atoms in total. The van der Waals surface area contributed by atoms with Crippen molar-refractivity contribution < 1.29 is 14.3 Å². The van der Waals surface area contributed by atoms with Crippen molar-refractivity contribution in [2.45, 2.75) is 25.9 Å². The van der Waals surface area contributed by atoms with E-state index in [9.17, 15) is 4.79 Å². The van der Waals surface area contributed by atoms with Crippen LogP contribution in [0.15, 0.2) is 0 Å². The highest BCUT2D eigenvalue weighted by atomic mass is 16.5. The molecule has 1 unspecified atom stereocenters. The van der Waals surface area contributed by atoms with Crippen LogP contribution < -0.4 is 0 Å². The number of methoxy groups -OCH3 is 1. The topological polar surface area (TPSA) is 38.8 Å². The molecule has 82 valence electrons. The van der Waals surface area contributed by atoms with Crippen LogP contribution >= 0.6 is 0 Å². The fourth-order valence-corrected chi connectivity index (χ4v) is 1.59. The minimum atomic E-state index is 0.152. The first-order chi connectivity index (χ1) is 6.77. The predicted octanol–water partition coefficient (Wildman–Crippen LogP) is 0.660. The van der Waals surface area contributed by atoms with Crippen molar-refractivity contribution in [3.63, 3.8) is 0 Å². The fourth-order valence-electron chi connectivity index (χ4n) is 1.59. The zero-order valence-electron chi connectivity index (χ0n) is 8.99. The first-order valence-corrected chi connectivity index (χ1v) is 5.16. The van der Waals surface area contributed by atoms with Crippen LogP contribution in [-0.4, -0.2) is 50.3 Å². The lowest BCUT2D eigenvalue weighted by atomic mass is 10.2. The van der Waals surface area contributed by atoms with Gasteiger partial charge in [0.05, 0.1) is 12.7 Å². The maximum atomic E-state index is 11.4. The van der Waals surface area contributed by atoms with Crippen LogP contribution in [0.3, 0.4) is 0 Å². The molecule has 0 saturated carbocycles. The van der Waals surface area contributed by atoms with Crippen molar-refractivity contribution in [1.82, 2.24) is 4.90 Å². The van der Waals surface area contributed by atoms with Crippen LogP contribution in [0.5, 0.6) is 0 Å². The molecule has 1 rings (SSSR count). The van der Waals surface area contributed by atoms with Gasteiger partial charge in [0.15, 0.2) is 0 Å². The highest BCUT2D eigenvalue weighted by molar-refractivity contribution is 5.75. The fraction of sp³-hybridized carbons (Fsp3) is 0.900. The summed E-state index contributed by atoms with van der Waals surface area (Å²) in [6, 6.07) is 0. The Morgan fingerprint density at radius 2 is 2.43 bits per heavy atom. The minimum absolute atomic E-state index is 0.152. The van der Waals surface area contributed by atoms with E-state index in [2.05, 4.69) is 0 Å². The smallest absolute Gasteiger partial charge is 0.222 e. The first kappa shape index (κ1) is 11.5. The van der Waals surface area contributed by atoms with Crippen molar-refractivity contribution in [3.05, 3.63) is 0 Å². The molecule has 0 aromatic carbocycles. The molecule has 0 spiro atoms. The van der Waals surface area contributed by atoms with E-state index in [1.807, 2.05) is 11.8 Å². The van der Waals surface area contributed by atoms with Crippen molar-refractivity contribution in [2.75, 3.05) is 33.4 Å². The summed E-state index contributed by atoms with van der Waals surface area (Å²) in [6.45, 7) is 4.69. The highest BCUT2D eigenvalue weighted by Crippen LogP contribution is 2.09. The summed E-state index contributed by atoms with van der Waals surface area (Å²) in [4.78, 5) is 13.3. The van der Waals surface area contributed by atoms with Gasteiger partial charge in [0.2, 0.25) is 5.91 Å². The number of morpholine rings is 1. The Hall–Kier alpha value is -0.610. The number of carbonyl (C=O) groups is 1. The van der Waals surface area contributed by atoms with Gasteiger partial charge in [-0.25, -0.2) is 0 Å². The van der Waals surface area contributed by atoms with Gasteiger partial charge in [-0.05, 0) is 6.42 Å². The maximum Gasteiger partial charge on any atom is 0.222 e. The molecular weight excluding hydrogens is 182 g/mol. The second-order valence-electron chi connectivity index (χ2n) is 3.47. The molecule has 0 aromatic heterocycles. The Labute approximate surface area is 85.2 Å². The van der Waals surface area contributed by atoms with E-state index in [0.29, 0.717) is 19.6 Å². The lowest BCUT2D eigenvalue weighted by molar-refractivity contribution is -0.139. The van der Waals surface area contributed by atoms with Crippen LogP contribution in [0, 0.1) is 0 Å². The molecular formula is C10H19NO3. The summed E-state index contributed by atoms with van der Waals surface area (Å²) < 4.78 is 10.5. The minimum Gasteiger partial charge on any atom is -0.385 e. The van der Waals surface area contributed by atoms with Crippen molar-refractivity contribution in [2.24, 2.45) is 0 Å². The number of rotatable bonds is 4. The van der Waals surface area contributed by atoms with E-state index in [0.717, 1.165) is 19.5 Å². The van der Waals surface area contributed by atoms with E-state index in [1.54, 1.807) is 7.11 Å². The highest BCUT2D eigenvalue weighted by Gasteiger charge is 2.22. The van der Waals surface area contributed by atoms with Gasteiger partial charge in [-0.3, -0.25) is 4.79 Å². The van der Waals surface area contributed by atoms with Crippen LogP contribution in [-0.2, 0) is 14.3 Å². The zero-order valence-corrected chi connectivity index (χ0v) is 8.99. The summed E-state index contributed by atoms with van der Waals surface area (Å²) in [7, 11) is 1.68. The van der Waals surface area contributed by atoms with Gasteiger partial charge in [0.1, 0.15) is 0 Å². The average Bonchev–Trinajstić information content (AvgIpc) is 2.25. The van der Waals surface area contributed by atoms with Crippen LogP contribution in [0.4, 0.5) is 0 Å². The second-order valence-corrected chi connectivity index (χ2v) is 3.47. The first-order valence-electron chi connectivity index (χ1n) is 5.16. The maximum absolute atomic E-state index is 11.4. The Morgan fingerprint density at radius 3 is 3.07 bits per heavy atom. The molecule has 1 aliphatic heterocycles. The van der Waals surface area contributed by atoms with E-state index in [-0.39, 0.29) is 12.0 Å². The third kappa shape index (κ3) is 3.27. The van der Waals surface area contributed by atoms with E-state index >= 15 is 0 Å². The van der Waals surface area contributed by atoms with E-state index in [1.165, 1.54) is 0 Å². The Balaban J connectivity index is 2.31. The van der Waals surface area contributed by atoms with Crippen molar-refractivity contribution in [3.8, 4) is 0 Å². The van der Waals surface area contributed by atoms with Gasteiger partial charge in [-0.2, -0.15) is 0 Å². The molecule has 4 heteroatoms. The summed E-state index contributed by atoms with van der Waals surface area (Å²) in [5.41, 5.74) is 0. The number of hydrogen-bond donors (Lipinski definition) is 0. The van der Waals surface area contributed by atoms with Gasteiger partial charge in [-0.1, -0.05) is 6.92 Å². The zero-order chi connectivity index (χ0) is 10.4. The summed E-state index contributed by atoms with van der Waals surface area (Å²) in [5, 5.41) is 0. The Morgan fingerprint density at radius 1 is 1.64 bits per heavy atom. The Bertz CT molecular complexity index is 184. The molecule has 1 amide bonds. The molecule has 0 N–H and O–H groups in total. The van der Waals surface area contributed by atoms with Gasteiger partial charge < -0.3 is 14.4 Å². The lowest BCUT2D eigenvalue weighted by Gasteiger charge is -2.32. The molecule has 1 saturated heterocycles. The molecule has 14 heavy (non-hydrogen) atoms. The molecule has 1 fully saturated rings. The van der Waals surface area contributed by atoms with Crippen LogP contribution in [0.25, 0.3) is 0 Å². The van der Waals surface area contributed by atoms with Crippen molar-refractivity contribution in [1.29, 1.82) is 0 Å². The third-order valence-electron chi connectivity index (χ3n) is 2.44. The SMILES string of the molecule is CCC(=O)N1CCOC(CCOC)C1. The molecule has 0 aromatic rings. The van der Waals surface area contributed by atoms with Gasteiger partial charge in [-0.15, -0.1) is 0 Å². The van der Waals surface area contributed by atoms with Crippen LogP contribution in [0.2, 0.25) is 0 Å². The largest absolute Gasteiger partial charge is 0.385 e. The van der Waals surface area contributed by atoms with Crippen LogP contribution in [0.1, 0.15) is 19.8 Å². The monoisotopic (exact) mass is 201 g/mol. The summed E-state index contributed by atoms with van der Waals surface area (Å²) >= 11 is 0. The normalized spacial score (nSPS) is 22.4. The third-order valence-corrected chi connectivity index (χ3v) is 2.44. The number of hydrogen-bond acceptors (Lipinski definition) is 3. The quantitative estimate of drug-likeness (QED) is 0.670. The van der Waals surface area contributed by atoms with Gasteiger partial charge in [0, 0.05) is 33.2 Å². The van der Waals surface area contributed by atoms with Gasteiger partial charge >= 0.3 is 0 Å². The number of carbonyl (C=O) groups excluding carboxylic acids is 1. The van der Waals surface area contributed by atoms with Gasteiger partial charge in [0.25, 0.3) is 0 Å². The predicted molar refractivity (Wildman–Crippen MR) is 53.1 cm³/mol. The average molecular weight is 201 g/mol. The second kappa shape index (κ2) is 5.98. The standard InChI is InChI=1S/C10H19NO3/c1-3-10(12)11-5-7-14-9(8-11)4-6-13-2/h9H,3-8H2,1-2H3. The number of nitrogens with zero attached hydrogens (tertiary/aromatic N) is 1. The molecule has 0 radical (unpaired) electrons. The molecule has 1 aliphatic rings. The summed E-state index contributed by atoms with van der Waals surface area (Å²) in [5.74, 6) is 0.218. The van der Waals surface area contributed by atoms with E-state index < -0.39 is 0 Å². The Kier molecular flexibility index (Phi) is 4.90.